The maximum atomic E-state index is 13.3. The van der Waals surface area contributed by atoms with Gasteiger partial charge >= 0.3 is 6.18 Å². The maximum Gasteiger partial charge on any atom is 0.416 e. The Bertz CT molecular complexity index is 1130. The molecule has 1 aromatic carbocycles. The van der Waals surface area contributed by atoms with E-state index >= 15 is 0 Å². The summed E-state index contributed by atoms with van der Waals surface area (Å²) < 4.78 is 46.3. The summed E-state index contributed by atoms with van der Waals surface area (Å²) in [7, 11) is 1.32. The molecule has 1 N–H and O–H groups in total. The minimum atomic E-state index is -4.51. The second-order valence-electron chi connectivity index (χ2n) is 5.79. The third kappa shape index (κ3) is 3.31. The van der Waals surface area contributed by atoms with Crippen molar-refractivity contribution >= 4 is 17.2 Å². The van der Waals surface area contributed by atoms with Crippen molar-refractivity contribution in [3.05, 3.63) is 60.7 Å². The summed E-state index contributed by atoms with van der Waals surface area (Å²) in [5.41, 5.74) is 0.992. The SMILES string of the molecule is COc1cc(-c2ccnn3ncc(Nc4ncccn4)c23)cc(C(F)(F)F)c1. The van der Waals surface area contributed by atoms with Crippen molar-refractivity contribution in [1.82, 2.24) is 24.8 Å². The first-order chi connectivity index (χ1) is 13.5. The van der Waals surface area contributed by atoms with Crippen molar-refractivity contribution in [2.75, 3.05) is 12.4 Å². The minimum Gasteiger partial charge on any atom is -0.497 e. The van der Waals surface area contributed by atoms with E-state index in [4.69, 9.17) is 4.74 Å². The number of nitrogens with zero attached hydrogens (tertiary/aromatic N) is 5. The molecule has 0 radical (unpaired) electrons. The number of fused-ring (bicyclic) bond motifs is 1. The van der Waals surface area contributed by atoms with Crippen LogP contribution in [0, 0.1) is 0 Å². The van der Waals surface area contributed by atoms with E-state index in [1.165, 1.54) is 30.2 Å². The van der Waals surface area contributed by atoms with Crippen molar-refractivity contribution in [1.29, 1.82) is 0 Å². The fraction of sp³-hybridized carbons (Fsp3) is 0.111. The monoisotopic (exact) mass is 386 g/mol. The molecule has 0 fully saturated rings. The molecule has 4 aromatic rings. The van der Waals surface area contributed by atoms with Crippen molar-refractivity contribution in [3.63, 3.8) is 0 Å². The zero-order valence-electron chi connectivity index (χ0n) is 14.5. The lowest BCUT2D eigenvalue weighted by molar-refractivity contribution is -0.137. The highest BCUT2D eigenvalue weighted by molar-refractivity contribution is 5.90. The number of halogens is 3. The van der Waals surface area contributed by atoms with Gasteiger partial charge in [-0.05, 0) is 35.9 Å². The van der Waals surface area contributed by atoms with E-state index in [-0.39, 0.29) is 5.75 Å². The van der Waals surface area contributed by atoms with Crippen molar-refractivity contribution in [3.8, 4) is 16.9 Å². The Balaban J connectivity index is 1.89. The first-order valence-electron chi connectivity index (χ1n) is 8.09. The Morgan fingerprint density at radius 2 is 1.82 bits per heavy atom. The average Bonchev–Trinajstić information content (AvgIpc) is 3.10. The van der Waals surface area contributed by atoms with E-state index in [2.05, 4.69) is 25.5 Å². The molecule has 0 unspecified atom stereocenters. The second kappa shape index (κ2) is 6.80. The molecule has 0 saturated carbocycles. The van der Waals surface area contributed by atoms with Gasteiger partial charge in [-0.15, -0.1) is 4.63 Å². The second-order valence-corrected chi connectivity index (χ2v) is 5.79. The highest BCUT2D eigenvalue weighted by atomic mass is 19.4. The van der Waals surface area contributed by atoms with Crippen LogP contribution < -0.4 is 10.1 Å². The lowest BCUT2D eigenvalue weighted by atomic mass is 10.0. The largest absolute Gasteiger partial charge is 0.497 e. The Hall–Kier alpha value is -3.69. The molecule has 3 heterocycles. The zero-order chi connectivity index (χ0) is 19.7. The van der Waals surface area contributed by atoms with Crippen molar-refractivity contribution in [2.45, 2.75) is 6.18 Å². The molecule has 10 heteroatoms. The van der Waals surface area contributed by atoms with Gasteiger partial charge in [-0.2, -0.15) is 23.4 Å². The number of methoxy groups -OCH3 is 1. The summed E-state index contributed by atoms with van der Waals surface area (Å²) >= 11 is 0. The van der Waals surface area contributed by atoms with Crippen molar-refractivity contribution in [2.24, 2.45) is 0 Å². The zero-order valence-corrected chi connectivity index (χ0v) is 14.5. The molecule has 0 bridgehead atoms. The van der Waals surface area contributed by atoms with Crippen molar-refractivity contribution < 1.29 is 17.9 Å². The van der Waals surface area contributed by atoms with Crippen LogP contribution in [-0.4, -0.2) is 31.9 Å². The molecule has 0 amide bonds. The van der Waals surface area contributed by atoms with Gasteiger partial charge in [0.2, 0.25) is 5.95 Å². The Morgan fingerprint density at radius 3 is 2.54 bits per heavy atom. The number of nitrogens with one attached hydrogen (secondary N) is 1. The fourth-order valence-electron chi connectivity index (χ4n) is 2.77. The van der Waals surface area contributed by atoms with E-state index in [9.17, 15) is 13.2 Å². The predicted molar refractivity (Wildman–Crippen MR) is 95.3 cm³/mol. The van der Waals surface area contributed by atoms with E-state index in [1.807, 2.05) is 0 Å². The van der Waals surface area contributed by atoms with Crippen LogP contribution in [0.3, 0.4) is 0 Å². The average molecular weight is 386 g/mol. The van der Waals surface area contributed by atoms with Crippen LogP contribution in [0.25, 0.3) is 16.6 Å². The summed E-state index contributed by atoms with van der Waals surface area (Å²) in [6.07, 6.45) is 1.60. The number of ether oxygens (including phenoxy) is 1. The normalized spacial score (nSPS) is 11.6. The van der Waals surface area contributed by atoms with Crippen LogP contribution in [-0.2, 0) is 6.18 Å². The van der Waals surface area contributed by atoms with Gasteiger partial charge in [0.1, 0.15) is 11.3 Å². The summed E-state index contributed by atoms with van der Waals surface area (Å²) in [5, 5.41) is 11.3. The molecule has 4 rings (SSSR count). The van der Waals surface area contributed by atoms with Gasteiger partial charge in [-0.3, -0.25) is 0 Å². The highest BCUT2D eigenvalue weighted by Gasteiger charge is 2.31. The van der Waals surface area contributed by atoms with Crippen LogP contribution in [0.15, 0.2) is 55.1 Å². The summed E-state index contributed by atoms with van der Waals surface area (Å²) in [5.74, 6) is 0.425. The molecule has 28 heavy (non-hydrogen) atoms. The van der Waals surface area contributed by atoms with Gasteiger partial charge in [-0.1, -0.05) is 0 Å². The Labute approximate surface area is 156 Å². The number of anilines is 2. The summed E-state index contributed by atoms with van der Waals surface area (Å²) in [4.78, 5) is 8.18. The van der Waals surface area contributed by atoms with Crippen LogP contribution >= 0.6 is 0 Å². The third-order valence-corrected chi connectivity index (χ3v) is 4.02. The van der Waals surface area contributed by atoms with Gasteiger partial charge in [0.15, 0.2) is 0 Å². The Kier molecular flexibility index (Phi) is 4.30. The quantitative estimate of drug-likeness (QED) is 0.572. The van der Waals surface area contributed by atoms with Crippen LogP contribution in [0.4, 0.5) is 24.8 Å². The molecule has 0 aliphatic carbocycles. The van der Waals surface area contributed by atoms with Crippen LogP contribution in [0.5, 0.6) is 5.75 Å². The number of hydrogen-bond donors (Lipinski definition) is 1. The summed E-state index contributed by atoms with van der Waals surface area (Å²) in [6.45, 7) is 0. The molecular weight excluding hydrogens is 373 g/mol. The molecule has 0 atom stereocenters. The molecule has 0 saturated heterocycles. The van der Waals surface area contributed by atoms with E-state index < -0.39 is 11.7 Å². The molecule has 0 aliphatic heterocycles. The third-order valence-electron chi connectivity index (χ3n) is 4.02. The topological polar surface area (TPSA) is 77.2 Å². The first-order valence-corrected chi connectivity index (χ1v) is 8.09. The lowest BCUT2D eigenvalue weighted by Gasteiger charge is -2.13. The molecule has 7 nitrogen and oxygen atoms in total. The van der Waals surface area contributed by atoms with Gasteiger partial charge in [0.05, 0.1) is 30.8 Å². The minimum absolute atomic E-state index is 0.0974. The molecule has 142 valence electrons. The maximum absolute atomic E-state index is 13.3. The van der Waals surface area contributed by atoms with E-state index in [0.29, 0.717) is 28.3 Å². The smallest absolute Gasteiger partial charge is 0.416 e. The van der Waals surface area contributed by atoms with E-state index in [0.717, 1.165) is 12.1 Å². The summed E-state index contributed by atoms with van der Waals surface area (Å²) in [6, 6.07) is 6.83. The van der Waals surface area contributed by atoms with Gasteiger partial charge < -0.3 is 10.1 Å². The number of aromatic nitrogens is 5. The van der Waals surface area contributed by atoms with Gasteiger partial charge in [0.25, 0.3) is 0 Å². The highest BCUT2D eigenvalue weighted by Crippen LogP contribution is 2.37. The first kappa shape index (κ1) is 17.7. The number of benzene rings is 1. The van der Waals surface area contributed by atoms with Gasteiger partial charge in [-0.25, -0.2) is 9.97 Å². The van der Waals surface area contributed by atoms with Crippen LogP contribution in [0.1, 0.15) is 5.56 Å². The van der Waals surface area contributed by atoms with Crippen LogP contribution in [0.2, 0.25) is 0 Å². The standard InChI is InChI=1S/C18H13F3N6O/c1-28-13-8-11(7-12(9-13)18(19,20)21)14-3-6-24-27-16(14)15(10-25-27)26-17-22-4-2-5-23-17/h2-10H,1H3,(H,22,23,26). The molecular formula is C18H13F3N6O. The number of alkyl halides is 3. The molecule has 0 spiro atoms. The molecule has 3 aromatic heterocycles. The Morgan fingerprint density at radius 1 is 1.04 bits per heavy atom. The fourth-order valence-corrected chi connectivity index (χ4v) is 2.77. The lowest BCUT2D eigenvalue weighted by Crippen LogP contribution is -2.06. The molecule has 0 aliphatic rings. The predicted octanol–water partition coefficient (Wildman–Crippen LogP) is 3.96. The van der Waals surface area contributed by atoms with E-state index in [1.54, 1.807) is 24.5 Å². The number of hydrogen-bond acceptors (Lipinski definition) is 6. The number of rotatable bonds is 4. The van der Waals surface area contributed by atoms with Gasteiger partial charge in [0, 0.05) is 18.0 Å².